The van der Waals surface area contributed by atoms with Gasteiger partial charge in [0.1, 0.15) is 12.1 Å². The van der Waals surface area contributed by atoms with Crippen molar-refractivity contribution in [3.8, 4) is 12.3 Å². The van der Waals surface area contributed by atoms with Crippen LogP contribution < -0.4 is 16.0 Å². The Kier molecular flexibility index (Phi) is 7.67. The molecule has 4 N–H and O–H groups in total. The molecule has 0 fully saturated rings. The average molecular weight is 579 g/mol. The molecular weight excluding hydrogens is 556 g/mol. The fraction of sp³-hybridized carbons (Fsp3) is 0. The standard InChI is InChI=1S/C30H22N6O5S/c1-2-20-6-5-7-22(16-20)33-29-24-17-23(11-12-25(24)31-19-32-29)42(40,41)36-15-14-21(18-36)10-13-28(37)34-26-8-3-4-9-27(26)35-30(38)39/h1,3-19,35H,(H,34,37)(H,38,39)(H,31,32,33). The number of hydrogen-bond acceptors (Lipinski definition) is 7. The van der Waals surface area contributed by atoms with Crippen LogP contribution in [0.1, 0.15) is 11.1 Å². The van der Waals surface area contributed by atoms with Crippen LogP contribution in [0.5, 0.6) is 0 Å². The highest BCUT2D eigenvalue weighted by Crippen LogP contribution is 2.27. The van der Waals surface area contributed by atoms with Gasteiger partial charge in [-0.05, 0) is 66.2 Å². The van der Waals surface area contributed by atoms with Crippen molar-refractivity contribution in [3.05, 3.63) is 109 Å². The van der Waals surface area contributed by atoms with Crippen LogP contribution in [0.3, 0.4) is 0 Å². The van der Waals surface area contributed by atoms with Crippen LogP contribution in [-0.4, -0.2) is 39.5 Å². The molecule has 2 heterocycles. The van der Waals surface area contributed by atoms with Crippen molar-refractivity contribution < 1.29 is 23.1 Å². The number of terminal acetylenes is 1. The molecule has 0 unspecified atom stereocenters. The second-order valence-corrected chi connectivity index (χ2v) is 10.7. The third-order valence-electron chi connectivity index (χ3n) is 6.02. The van der Waals surface area contributed by atoms with Crippen molar-refractivity contribution in [1.82, 2.24) is 13.9 Å². The zero-order chi connectivity index (χ0) is 29.7. The quantitative estimate of drug-likeness (QED) is 0.146. The number of amides is 2. The highest BCUT2D eigenvalue weighted by molar-refractivity contribution is 7.90. The molecule has 0 aliphatic heterocycles. The molecule has 5 rings (SSSR count). The highest BCUT2D eigenvalue weighted by Gasteiger charge is 2.18. The minimum absolute atomic E-state index is 0.0108. The Morgan fingerprint density at radius 1 is 0.952 bits per heavy atom. The molecule has 42 heavy (non-hydrogen) atoms. The molecule has 2 aromatic heterocycles. The minimum atomic E-state index is -4.01. The summed E-state index contributed by atoms with van der Waals surface area (Å²) in [5.74, 6) is 2.45. The maximum Gasteiger partial charge on any atom is 0.409 e. The zero-order valence-corrected chi connectivity index (χ0v) is 22.5. The number of rotatable bonds is 8. The van der Waals surface area contributed by atoms with Crippen molar-refractivity contribution in [2.24, 2.45) is 0 Å². The van der Waals surface area contributed by atoms with Gasteiger partial charge in [-0.2, -0.15) is 0 Å². The zero-order valence-electron chi connectivity index (χ0n) is 21.7. The maximum absolute atomic E-state index is 13.5. The predicted molar refractivity (Wildman–Crippen MR) is 160 cm³/mol. The lowest BCUT2D eigenvalue weighted by molar-refractivity contribution is -0.111. The van der Waals surface area contributed by atoms with E-state index in [0.29, 0.717) is 33.5 Å². The first-order valence-electron chi connectivity index (χ1n) is 12.3. The number of nitrogens with zero attached hydrogens (tertiary/aromatic N) is 3. The summed E-state index contributed by atoms with van der Waals surface area (Å²) in [6.07, 6.45) is 11.0. The minimum Gasteiger partial charge on any atom is -0.465 e. The van der Waals surface area contributed by atoms with Gasteiger partial charge in [-0.3, -0.25) is 10.1 Å². The molecule has 12 heteroatoms. The monoisotopic (exact) mass is 578 g/mol. The van der Waals surface area contributed by atoms with Gasteiger partial charge in [0, 0.05) is 35.1 Å². The first-order valence-corrected chi connectivity index (χ1v) is 13.8. The second kappa shape index (κ2) is 11.7. The largest absolute Gasteiger partial charge is 0.465 e. The molecule has 2 amide bonds. The Bertz CT molecular complexity index is 2010. The molecule has 0 aliphatic carbocycles. The van der Waals surface area contributed by atoms with E-state index >= 15 is 0 Å². The Balaban J connectivity index is 1.36. The molecule has 0 saturated carbocycles. The fourth-order valence-electron chi connectivity index (χ4n) is 4.04. The number of carbonyl (C=O) groups is 2. The van der Waals surface area contributed by atoms with Crippen LogP contribution in [-0.2, 0) is 14.8 Å². The lowest BCUT2D eigenvalue weighted by Crippen LogP contribution is -2.13. The molecule has 0 aliphatic rings. The maximum atomic E-state index is 13.5. The fourth-order valence-corrected chi connectivity index (χ4v) is 5.28. The van der Waals surface area contributed by atoms with Gasteiger partial charge >= 0.3 is 6.09 Å². The molecule has 0 atom stereocenters. The number of para-hydroxylation sites is 2. The normalized spacial score (nSPS) is 11.2. The van der Waals surface area contributed by atoms with Crippen molar-refractivity contribution in [2.45, 2.75) is 4.90 Å². The van der Waals surface area contributed by atoms with Crippen LogP contribution >= 0.6 is 0 Å². The number of nitrogens with one attached hydrogen (secondary N) is 3. The molecule has 0 spiro atoms. The molecule has 0 radical (unpaired) electrons. The molecule has 3 aromatic carbocycles. The van der Waals surface area contributed by atoms with Gasteiger partial charge in [0.05, 0.1) is 21.8 Å². The second-order valence-electron chi connectivity index (χ2n) is 8.83. The number of fused-ring (bicyclic) bond motifs is 1. The topological polar surface area (TPSA) is 155 Å². The van der Waals surface area contributed by atoms with E-state index in [-0.39, 0.29) is 16.3 Å². The summed E-state index contributed by atoms with van der Waals surface area (Å²) in [6.45, 7) is 0. The Morgan fingerprint density at radius 3 is 2.50 bits per heavy atom. The summed E-state index contributed by atoms with van der Waals surface area (Å²) in [5, 5.41) is 17.4. The van der Waals surface area contributed by atoms with E-state index in [0.717, 1.165) is 3.97 Å². The lowest BCUT2D eigenvalue weighted by atomic mass is 10.2. The number of aromatic nitrogens is 3. The van der Waals surface area contributed by atoms with E-state index in [1.54, 1.807) is 42.5 Å². The van der Waals surface area contributed by atoms with Gasteiger partial charge in [-0.15, -0.1) is 6.42 Å². The van der Waals surface area contributed by atoms with Gasteiger partial charge < -0.3 is 15.7 Å². The van der Waals surface area contributed by atoms with E-state index in [1.165, 1.54) is 55.1 Å². The van der Waals surface area contributed by atoms with Crippen LogP contribution in [0.4, 0.5) is 27.7 Å². The smallest absolute Gasteiger partial charge is 0.409 e. The van der Waals surface area contributed by atoms with E-state index in [4.69, 9.17) is 11.5 Å². The number of carboxylic acid groups (broad SMARTS) is 1. The Labute approximate surface area is 240 Å². The van der Waals surface area contributed by atoms with Crippen molar-refractivity contribution in [1.29, 1.82) is 0 Å². The average Bonchev–Trinajstić information content (AvgIpc) is 3.47. The number of hydrogen-bond donors (Lipinski definition) is 4. The van der Waals surface area contributed by atoms with E-state index in [9.17, 15) is 18.0 Å². The van der Waals surface area contributed by atoms with Crippen molar-refractivity contribution in [3.63, 3.8) is 0 Å². The molecule has 11 nitrogen and oxygen atoms in total. The predicted octanol–water partition coefficient (Wildman–Crippen LogP) is 5.14. The summed E-state index contributed by atoms with van der Waals surface area (Å²) < 4.78 is 28.0. The molecule has 0 saturated heterocycles. The first kappa shape index (κ1) is 27.6. The number of carbonyl (C=O) groups excluding carboxylic acids is 1. The van der Waals surface area contributed by atoms with Gasteiger partial charge in [0.15, 0.2) is 0 Å². The molecule has 0 bridgehead atoms. The Morgan fingerprint density at radius 2 is 1.74 bits per heavy atom. The summed E-state index contributed by atoms with van der Waals surface area (Å²) >= 11 is 0. The van der Waals surface area contributed by atoms with Crippen molar-refractivity contribution >= 4 is 61.9 Å². The Hall–Kier alpha value is -5.93. The summed E-state index contributed by atoms with van der Waals surface area (Å²) in [5.41, 5.74) is 2.84. The van der Waals surface area contributed by atoms with E-state index in [2.05, 4.69) is 31.8 Å². The van der Waals surface area contributed by atoms with Gasteiger partial charge in [0.25, 0.3) is 10.0 Å². The van der Waals surface area contributed by atoms with E-state index < -0.39 is 22.0 Å². The molecular formula is C30H22N6O5S. The van der Waals surface area contributed by atoms with Crippen molar-refractivity contribution in [2.75, 3.05) is 16.0 Å². The van der Waals surface area contributed by atoms with Gasteiger partial charge in [-0.1, -0.05) is 24.1 Å². The SMILES string of the molecule is C#Cc1cccc(Nc2ncnc3ccc(S(=O)(=O)n4ccc(C=CC(=O)Nc5ccccc5NC(=O)O)c4)cc23)c1. The summed E-state index contributed by atoms with van der Waals surface area (Å²) in [7, 11) is -4.01. The number of benzene rings is 3. The van der Waals surface area contributed by atoms with Gasteiger partial charge in [-0.25, -0.2) is 27.2 Å². The lowest BCUT2D eigenvalue weighted by Gasteiger charge is -2.11. The van der Waals surface area contributed by atoms with E-state index in [1.807, 2.05) is 6.07 Å². The third-order valence-corrected chi connectivity index (χ3v) is 7.65. The third kappa shape index (κ3) is 6.11. The first-order chi connectivity index (χ1) is 20.2. The van der Waals surface area contributed by atoms with Crippen LogP contribution in [0.25, 0.3) is 17.0 Å². The summed E-state index contributed by atoms with van der Waals surface area (Å²) in [4.78, 5) is 32.0. The molecule has 208 valence electrons. The molecule has 5 aromatic rings. The van der Waals surface area contributed by atoms with Gasteiger partial charge in [0.2, 0.25) is 5.91 Å². The van der Waals surface area contributed by atoms with Crippen LogP contribution in [0.15, 0.2) is 102 Å². The van der Waals surface area contributed by atoms with Crippen LogP contribution in [0.2, 0.25) is 0 Å². The highest BCUT2D eigenvalue weighted by atomic mass is 32.2. The summed E-state index contributed by atoms with van der Waals surface area (Å²) in [6, 6.07) is 19.6. The van der Waals surface area contributed by atoms with Crippen LogP contribution in [0, 0.1) is 12.3 Å². The number of anilines is 4.